The molecule has 3 fully saturated rings. The monoisotopic (exact) mass is 708 g/mol. The standard InChI is InChI=1S/C35H27Cl2FN2O9/c1-48-24-13-17(14-25(49-2)28(24)41)27-21-10-11-22-26(30(43)39(29(22)42)20-5-3-4-16(12-20)31(44)45)23(21)15-34(36)32(46)40(33(47)35(27,34)37)19-8-6-18(38)7-9-19/h3-10,12-14,22-23,26-27,41H,11,15H2,1-2H3,(H,44,45)/t22-,23+,26-,27-,34+,35-/m0/s1. The number of carboxylic acid groups (broad SMARTS) is 1. The third-order valence-electron chi connectivity index (χ3n) is 10.1. The van der Waals surface area contributed by atoms with Crippen molar-refractivity contribution in [1.29, 1.82) is 0 Å². The van der Waals surface area contributed by atoms with Gasteiger partial charge in [0.15, 0.2) is 21.2 Å². The first kappa shape index (κ1) is 32.6. The lowest BCUT2D eigenvalue weighted by Gasteiger charge is -2.50. The molecule has 4 amide bonds. The summed E-state index contributed by atoms with van der Waals surface area (Å²) in [5.41, 5.74) is 0.713. The zero-order valence-electron chi connectivity index (χ0n) is 25.9. The summed E-state index contributed by atoms with van der Waals surface area (Å²) in [7, 11) is 2.62. The Morgan fingerprint density at radius 3 is 2.14 bits per heavy atom. The number of imide groups is 2. The highest BCUT2D eigenvalue weighted by atomic mass is 35.5. The predicted octanol–water partition coefficient (Wildman–Crippen LogP) is 5.01. The number of methoxy groups -OCH3 is 2. The third kappa shape index (κ3) is 4.43. The average molecular weight is 710 g/mol. The molecule has 14 heteroatoms. The number of phenols is 1. The maximum atomic E-state index is 14.5. The Labute approximate surface area is 288 Å². The predicted molar refractivity (Wildman–Crippen MR) is 174 cm³/mol. The molecule has 7 rings (SSSR count). The molecule has 11 nitrogen and oxygen atoms in total. The van der Waals surface area contributed by atoms with Crippen LogP contribution in [0.4, 0.5) is 15.8 Å². The Hall–Kier alpha value is -4.94. The van der Waals surface area contributed by atoms with Crippen LogP contribution in [0.25, 0.3) is 0 Å². The Morgan fingerprint density at radius 2 is 1.53 bits per heavy atom. The minimum Gasteiger partial charge on any atom is -0.502 e. The van der Waals surface area contributed by atoms with Crippen LogP contribution in [0.15, 0.2) is 72.3 Å². The molecule has 1 saturated carbocycles. The van der Waals surface area contributed by atoms with Crippen LogP contribution in [0.1, 0.15) is 34.7 Å². The zero-order chi connectivity index (χ0) is 35.2. The number of aromatic carboxylic acids is 1. The fourth-order valence-electron chi connectivity index (χ4n) is 7.89. The van der Waals surface area contributed by atoms with Gasteiger partial charge in [0.05, 0.1) is 43.0 Å². The van der Waals surface area contributed by atoms with Crippen molar-refractivity contribution in [3.05, 3.63) is 89.3 Å². The molecule has 3 aromatic carbocycles. The van der Waals surface area contributed by atoms with Crippen molar-refractivity contribution < 1.29 is 48.0 Å². The number of rotatable bonds is 6. The molecule has 0 radical (unpaired) electrons. The molecule has 0 bridgehead atoms. The van der Waals surface area contributed by atoms with Gasteiger partial charge in [-0.05, 0) is 78.9 Å². The Morgan fingerprint density at radius 1 is 0.878 bits per heavy atom. The van der Waals surface area contributed by atoms with Gasteiger partial charge in [-0.15, -0.1) is 23.2 Å². The van der Waals surface area contributed by atoms with E-state index in [1.165, 1.54) is 62.8 Å². The number of carbonyl (C=O) groups is 5. The van der Waals surface area contributed by atoms with E-state index in [1.54, 1.807) is 6.08 Å². The van der Waals surface area contributed by atoms with Crippen molar-refractivity contribution in [2.24, 2.45) is 17.8 Å². The molecule has 2 saturated heterocycles. The van der Waals surface area contributed by atoms with E-state index in [4.69, 9.17) is 32.7 Å². The van der Waals surface area contributed by atoms with Crippen LogP contribution in [0.5, 0.6) is 17.2 Å². The Balaban J connectivity index is 1.42. The topological polar surface area (TPSA) is 151 Å². The summed E-state index contributed by atoms with van der Waals surface area (Å²) in [6.45, 7) is 0. The first-order valence-electron chi connectivity index (χ1n) is 15.2. The van der Waals surface area contributed by atoms with E-state index >= 15 is 0 Å². The number of phenolic OH excluding ortho intramolecular Hbond substituents is 1. The Bertz CT molecular complexity index is 1990. The summed E-state index contributed by atoms with van der Waals surface area (Å²) in [5.74, 6) is -9.26. The summed E-state index contributed by atoms with van der Waals surface area (Å²) in [6, 6.07) is 13.0. The number of benzene rings is 3. The first-order chi connectivity index (χ1) is 23.3. The van der Waals surface area contributed by atoms with Crippen LogP contribution < -0.4 is 19.3 Å². The van der Waals surface area contributed by atoms with Crippen molar-refractivity contribution in [2.75, 3.05) is 24.0 Å². The number of ether oxygens (including phenoxy) is 2. The summed E-state index contributed by atoms with van der Waals surface area (Å²) in [5, 5.41) is 20.3. The van der Waals surface area contributed by atoms with E-state index in [0.717, 1.165) is 21.9 Å². The molecule has 0 aromatic heterocycles. The number of hydrogen-bond acceptors (Lipinski definition) is 8. The quantitative estimate of drug-likeness (QED) is 0.205. The summed E-state index contributed by atoms with van der Waals surface area (Å²) < 4.78 is 24.7. The second-order valence-electron chi connectivity index (χ2n) is 12.4. The lowest BCUT2D eigenvalue weighted by molar-refractivity contribution is -0.125. The highest BCUT2D eigenvalue weighted by Crippen LogP contribution is 2.66. The number of carbonyl (C=O) groups excluding carboxylic acids is 4. The lowest BCUT2D eigenvalue weighted by Crippen LogP contribution is -2.60. The van der Waals surface area contributed by atoms with Crippen LogP contribution in [-0.2, 0) is 19.2 Å². The number of aromatic hydroxyl groups is 1. The average Bonchev–Trinajstić information content (AvgIpc) is 3.43. The molecular formula is C35H27Cl2FN2O9. The zero-order valence-corrected chi connectivity index (χ0v) is 27.4. The molecule has 0 unspecified atom stereocenters. The molecule has 0 spiro atoms. The van der Waals surface area contributed by atoms with E-state index in [9.17, 15) is 38.6 Å². The van der Waals surface area contributed by atoms with Crippen molar-refractivity contribution in [1.82, 2.24) is 0 Å². The normalized spacial score (nSPS) is 29.0. The van der Waals surface area contributed by atoms with Crippen molar-refractivity contribution in [2.45, 2.75) is 28.5 Å². The third-order valence-corrected chi connectivity index (χ3v) is 11.5. The van der Waals surface area contributed by atoms with E-state index in [1.807, 2.05) is 0 Å². The minimum absolute atomic E-state index is 0.0249. The fourth-order valence-corrected chi connectivity index (χ4v) is 8.82. The van der Waals surface area contributed by atoms with Gasteiger partial charge in [0, 0.05) is 5.92 Å². The molecule has 6 atom stereocenters. The van der Waals surface area contributed by atoms with E-state index < -0.39 is 68.8 Å². The maximum absolute atomic E-state index is 14.5. The van der Waals surface area contributed by atoms with Crippen molar-refractivity contribution in [3.8, 4) is 17.2 Å². The number of halogens is 3. The number of fused-ring (bicyclic) bond motifs is 4. The van der Waals surface area contributed by atoms with Gasteiger partial charge in [-0.25, -0.2) is 14.1 Å². The van der Waals surface area contributed by atoms with Crippen LogP contribution >= 0.6 is 23.2 Å². The van der Waals surface area contributed by atoms with Gasteiger partial charge in [0.25, 0.3) is 11.8 Å². The molecule has 252 valence electrons. The SMILES string of the molecule is COc1cc([C@H]2C3=CC[C@@H]4C(=O)N(c5cccc(C(=O)O)c5)C(=O)[C@@H]4[C@@H]3C[C@@]3(Cl)C(=O)N(c4ccc(F)cc4)C(=O)[C@@]23Cl)cc(OC)c1O. The first-order valence-corrected chi connectivity index (χ1v) is 15.9. The highest BCUT2D eigenvalue weighted by Gasteiger charge is 2.76. The summed E-state index contributed by atoms with van der Waals surface area (Å²) >= 11 is 14.8. The number of nitrogens with zero attached hydrogens (tertiary/aromatic N) is 2. The molecule has 2 aliphatic carbocycles. The molecule has 2 N–H and O–H groups in total. The van der Waals surface area contributed by atoms with Gasteiger partial charge in [0.1, 0.15) is 5.82 Å². The van der Waals surface area contributed by atoms with E-state index in [2.05, 4.69) is 0 Å². The van der Waals surface area contributed by atoms with Crippen LogP contribution in [0, 0.1) is 23.6 Å². The van der Waals surface area contributed by atoms with Crippen molar-refractivity contribution >= 4 is 64.2 Å². The van der Waals surface area contributed by atoms with Crippen LogP contribution in [0.2, 0.25) is 0 Å². The number of anilines is 2. The highest BCUT2D eigenvalue weighted by molar-refractivity contribution is 6.58. The van der Waals surface area contributed by atoms with Gasteiger partial charge in [-0.3, -0.25) is 24.1 Å². The smallest absolute Gasteiger partial charge is 0.335 e. The number of carboxylic acids is 1. The van der Waals surface area contributed by atoms with E-state index in [0.29, 0.717) is 5.57 Å². The van der Waals surface area contributed by atoms with Crippen molar-refractivity contribution in [3.63, 3.8) is 0 Å². The number of amides is 4. The molecular weight excluding hydrogens is 682 g/mol. The van der Waals surface area contributed by atoms with Crippen LogP contribution in [-0.4, -0.2) is 63.8 Å². The number of hydrogen-bond donors (Lipinski definition) is 2. The fraction of sp³-hybridized carbons (Fsp3) is 0.286. The second-order valence-corrected chi connectivity index (χ2v) is 13.6. The number of allylic oxidation sites excluding steroid dienone is 2. The lowest BCUT2D eigenvalue weighted by atomic mass is 9.56. The van der Waals surface area contributed by atoms with Gasteiger partial charge >= 0.3 is 5.97 Å². The molecule has 3 aromatic rings. The Kier molecular flexibility index (Phi) is 7.53. The number of alkyl halides is 2. The van der Waals surface area contributed by atoms with Gasteiger partial charge in [0.2, 0.25) is 17.6 Å². The second kappa shape index (κ2) is 11.3. The maximum Gasteiger partial charge on any atom is 0.335 e. The molecule has 2 heterocycles. The van der Waals surface area contributed by atoms with Gasteiger partial charge < -0.3 is 19.7 Å². The molecule has 2 aliphatic heterocycles. The minimum atomic E-state index is -2.22. The molecule has 49 heavy (non-hydrogen) atoms. The molecule has 4 aliphatic rings. The van der Waals surface area contributed by atoms with Gasteiger partial charge in [-0.2, -0.15) is 0 Å². The van der Waals surface area contributed by atoms with Gasteiger partial charge in [-0.1, -0.05) is 17.7 Å². The summed E-state index contributed by atoms with van der Waals surface area (Å²) in [4.78, 5) is 66.2. The summed E-state index contributed by atoms with van der Waals surface area (Å²) in [6.07, 6.45) is 1.47. The van der Waals surface area contributed by atoms with E-state index in [-0.39, 0.29) is 52.6 Å². The van der Waals surface area contributed by atoms with Crippen LogP contribution in [0.3, 0.4) is 0 Å². The largest absolute Gasteiger partial charge is 0.502 e.